The zero-order valence-electron chi connectivity index (χ0n) is 9.40. The van der Waals surface area contributed by atoms with Crippen LogP contribution in [0.3, 0.4) is 0 Å². The molecule has 1 N–H and O–H groups in total. The van der Waals surface area contributed by atoms with E-state index in [2.05, 4.69) is 6.92 Å². The highest BCUT2D eigenvalue weighted by atomic mass is 16.4. The molecule has 4 nitrogen and oxygen atoms in total. The van der Waals surface area contributed by atoms with E-state index in [1.807, 2.05) is 0 Å². The van der Waals surface area contributed by atoms with Crippen molar-refractivity contribution in [3.05, 3.63) is 0 Å². The second kappa shape index (κ2) is 5.14. The second-order valence-corrected chi connectivity index (χ2v) is 4.49. The maximum atomic E-state index is 11.5. The number of carbonyl (C=O) groups is 2. The lowest BCUT2D eigenvalue weighted by molar-refractivity contribution is -0.144. The third-order valence-electron chi connectivity index (χ3n) is 3.23. The molecular weight excluding hydrogens is 194 g/mol. The molecule has 0 unspecified atom stereocenters. The highest BCUT2D eigenvalue weighted by Crippen LogP contribution is 2.26. The predicted molar refractivity (Wildman–Crippen MR) is 56.4 cm³/mol. The number of hydrogen-bond donors (Lipinski definition) is 1. The summed E-state index contributed by atoms with van der Waals surface area (Å²) in [6.07, 6.45) is 3.89. The first-order chi connectivity index (χ1) is 7.00. The molecule has 0 atom stereocenters. The molecule has 1 rings (SSSR count). The molecule has 86 valence electrons. The van der Waals surface area contributed by atoms with E-state index in [9.17, 15) is 9.59 Å². The number of amides is 1. The van der Waals surface area contributed by atoms with Gasteiger partial charge in [0.25, 0.3) is 0 Å². The van der Waals surface area contributed by atoms with Crippen molar-refractivity contribution >= 4 is 11.9 Å². The Labute approximate surface area is 90.3 Å². The first kappa shape index (κ1) is 12.0. The van der Waals surface area contributed by atoms with Gasteiger partial charge in [-0.3, -0.25) is 9.59 Å². The van der Waals surface area contributed by atoms with E-state index in [-0.39, 0.29) is 18.4 Å². The minimum absolute atomic E-state index is 0.244. The van der Waals surface area contributed by atoms with Crippen LogP contribution >= 0.6 is 0 Å². The fourth-order valence-electron chi connectivity index (χ4n) is 2.09. The van der Waals surface area contributed by atoms with Gasteiger partial charge in [0.05, 0.1) is 0 Å². The lowest BCUT2D eigenvalue weighted by Gasteiger charge is -2.33. The van der Waals surface area contributed by atoms with Crippen LogP contribution in [0, 0.1) is 5.92 Å². The van der Waals surface area contributed by atoms with Crippen LogP contribution in [0.1, 0.15) is 39.0 Å². The molecule has 1 amide bonds. The number of carboxylic acid groups (broad SMARTS) is 1. The summed E-state index contributed by atoms with van der Waals surface area (Å²) in [5.41, 5.74) is 0. The average Bonchev–Trinajstić information content (AvgIpc) is 2.17. The largest absolute Gasteiger partial charge is 0.481 e. The molecule has 1 aliphatic rings. The number of carbonyl (C=O) groups excluding carboxylic acids is 1. The van der Waals surface area contributed by atoms with Gasteiger partial charge >= 0.3 is 5.97 Å². The number of rotatable bonds is 3. The third-order valence-corrected chi connectivity index (χ3v) is 3.23. The van der Waals surface area contributed by atoms with E-state index < -0.39 is 5.97 Å². The molecular formula is C11H19NO3. The summed E-state index contributed by atoms with van der Waals surface area (Å²) < 4.78 is 0. The van der Waals surface area contributed by atoms with Crippen molar-refractivity contribution in [2.75, 3.05) is 7.05 Å². The first-order valence-corrected chi connectivity index (χ1v) is 5.48. The lowest BCUT2D eigenvalue weighted by Crippen LogP contribution is -2.40. The molecule has 0 aromatic carbocycles. The Morgan fingerprint density at radius 2 is 1.80 bits per heavy atom. The van der Waals surface area contributed by atoms with Crippen molar-refractivity contribution in [2.24, 2.45) is 5.92 Å². The van der Waals surface area contributed by atoms with Gasteiger partial charge in [0.15, 0.2) is 0 Å². The number of carboxylic acids is 1. The second-order valence-electron chi connectivity index (χ2n) is 4.49. The molecule has 0 heterocycles. The third kappa shape index (κ3) is 3.53. The molecule has 0 aromatic rings. The summed E-state index contributed by atoms with van der Waals surface area (Å²) >= 11 is 0. The fourth-order valence-corrected chi connectivity index (χ4v) is 2.09. The molecule has 1 aliphatic carbocycles. The minimum atomic E-state index is -1.05. The van der Waals surface area contributed by atoms with Crippen molar-refractivity contribution in [2.45, 2.75) is 45.1 Å². The van der Waals surface area contributed by atoms with Gasteiger partial charge < -0.3 is 10.0 Å². The Hall–Kier alpha value is -1.06. The Morgan fingerprint density at radius 1 is 1.27 bits per heavy atom. The highest BCUT2D eigenvalue weighted by molar-refractivity contribution is 5.93. The van der Waals surface area contributed by atoms with E-state index in [1.54, 1.807) is 11.9 Å². The molecule has 4 heteroatoms. The molecule has 0 aromatic heterocycles. The maximum Gasteiger partial charge on any atom is 0.312 e. The van der Waals surface area contributed by atoms with E-state index >= 15 is 0 Å². The van der Waals surface area contributed by atoms with Crippen LogP contribution in [-0.2, 0) is 9.59 Å². The van der Waals surface area contributed by atoms with E-state index in [1.165, 1.54) is 0 Å². The van der Waals surface area contributed by atoms with E-state index in [0.717, 1.165) is 31.6 Å². The van der Waals surface area contributed by atoms with Crippen LogP contribution in [-0.4, -0.2) is 35.0 Å². The molecule has 15 heavy (non-hydrogen) atoms. The van der Waals surface area contributed by atoms with Crippen LogP contribution in [0.5, 0.6) is 0 Å². The van der Waals surface area contributed by atoms with Gasteiger partial charge in [0, 0.05) is 13.1 Å². The van der Waals surface area contributed by atoms with Gasteiger partial charge in [-0.1, -0.05) is 6.92 Å². The number of nitrogens with zero attached hydrogens (tertiary/aromatic N) is 1. The first-order valence-electron chi connectivity index (χ1n) is 5.48. The Morgan fingerprint density at radius 3 is 2.27 bits per heavy atom. The SMILES string of the molecule is CC1CCC(N(C)C(=O)CC(=O)O)CC1. The van der Waals surface area contributed by atoms with Gasteiger partial charge in [-0.15, -0.1) is 0 Å². The summed E-state index contributed by atoms with van der Waals surface area (Å²) in [5.74, 6) is -0.581. The topological polar surface area (TPSA) is 57.6 Å². The Balaban J connectivity index is 2.42. The van der Waals surface area contributed by atoms with Crippen molar-refractivity contribution in [1.29, 1.82) is 0 Å². The van der Waals surface area contributed by atoms with Gasteiger partial charge in [-0.2, -0.15) is 0 Å². The van der Waals surface area contributed by atoms with Crippen molar-refractivity contribution < 1.29 is 14.7 Å². The van der Waals surface area contributed by atoms with Crippen molar-refractivity contribution in [3.8, 4) is 0 Å². The normalized spacial score (nSPS) is 26.0. The van der Waals surface area contributed by atoms with E-state index in [0.29, 0.717) is 0 Å². The van der Waals surface area contributed by atoms with Crippen LogP contribution in [0.25, 0.3) is 0 Å². The predicted octanol–water partition coefficient (Wildman–Crippen LogP) is 1.50. The number of aliphatic carboxylic acids is 1. The standard InChI is InChI=1S/C11H19NO3/c1-8-3-5-9(6-4-8)12(2)10(13)7-11(14)15/h8-9H,3-7H2,1-2H3,(H,14,15). The highest BCUT2D eigenvalue weighted by Gasteiger charge is 2.25. The molecule has 0 spiro atoms. The quantitative estimate of drug-likeness (QED) is 0.723. The minimum Gasteiger partial charge on any atom is -0.481 e. The molecule has 0 radical (unpaired) electrons. The van der Waals surface area contributed by atoms with Gasteiger partial charge in [-0.05, 0) is 31.6 Å². The van der Waals surface area contributed by atoms with E-state index in [4.69, 9.17) is 5.11 Å². The van der Waals surface area contributed by atoms with Crippen molar-refractivity contribution in [1.82, 2.24) is 4.90 Å². The van der Waals surface area contributed by atoms with Crippen LogP contribution in [0.4, 0.5) is 0 Å². The molecule has 0 aliphatic heterocycles. The fraction of sp³-hybridized carbons (Fsp3) is 0.818. The lowest BCUT2D eigenvalue weighted by atomic mass is 9.86. The van der Waals surface area contributed by atoms with Gasteiger partial charge in [-0.25, -0.2) is 0 Å². The molecule has 0 bridgehead atoms. The smallest absolute Gasteiger partial charge is 0.312 e. The molecule has 1 saturated carbocycles. The van der Waals surface area contributed by atoms with Gasteiger partial charge in [0.2, 0.25) is 5.91 Å². The summed E-state index contributed by atoms with van der Waals surface area (Å²) in [5, 5.41) is 8.53. The van der Waals surface area contributed by atoms with Crippen molar-refractivity contribution in [3.63, 3.8) is 0 Å². The zero-order chi connectivity index (χ0) is 11.4. The molecule has 0 saturated heterocycles. The van der Waals surface area contributed by atoms with Crippen LogP contribution in [0.2, 0.25) is 0 Å². The summed E-state index contributed by atoms with van der Waals surface area (Å²) in [7, 11) is 1.71. The Bertz CT molecular complexity index is 244. The van der Waals surface area contributed by atoms with Gasteiger partial charge in [0.1, 0.15) is 6.42 Å². The summed E-state index contributed by atoms with van der Waals surface area (Å²) in [6, 6.07) is 0.244. The molecule has 1 fully saturated rings. The zero-order valence-corrected chi connectivity index (χ0v) is 9.40. The maximum absolute atomic E-state index is 11.5. The van der Waals surface area contributed by atoms with Crippen LogP contribution < -0.4 is 0 Å². The monoisotopic (exact) mass is 213 g/mol. The summed E-state index contributed by atoms with van der Waals surface area (Å²) in [4.78, 5) is 23.5. The average molecular weight is 213 g/mol. The summed E-state index contributed by atoms with van der Waals surface area (Å²) in [6.45, 7) is 2.22. The van der Waals surface area contributed by atoms with Crippen LogP contribution in [0.15, 0.2) is 0 Å². The Kier molecular flexibility index (Phi) is 4.12. The number of hydrogen-bond acceptors (Lipinski definition) is 2.